The van der Waals surface area contributed by atoms with Crippen LogP contribution in [0.2, 0.25) is 0 Å². The SMILES string of the molecule is CCOc1cc(C(CC)n2cc3cccc(NC(=O)C4CC4)c3c2O)ccc1OC. The summed E-state index contributed by atoms with van der Waals surface area (Å²) in [5.41, 5.74) is 1.67. The molecule has 1 fully saturated rings. The number of anilines is 1. The number of aromatic hydroxyl groups is 1. The normalized spacial score (nSPS) is 14.5. The molecule has 6 nitrogen and oxygen atoms in total. The van der Waals surface area contributed by atoms with Gasteiger partial charge >= 0.3 is 0 Å². The zero-order valence-electron chi connectivity index (χ0n) is 17.6. The summed E-state index contributed by atoms with van der Waals surface area (Å²) in [6, 6.07) is 11.5. The van der Waals surface area contributed by atoms with Crippen molar-refractivity contribution in [3.05, 3.63) is 48.2 Å². The van der Waals surface area contributed by atoms with Gasteiger partial charge in [-0.3, -0.25) is 4.79 Å². The van der Waals surface area contributed by atoms with Crippen LogP contribution in [0.3, 0.4) is 0 Å². The maximum Gasteiger partial charge on any atom is 0.227 e. The van der Waals surface area contributed by atoms with Gasteiger partial charge in [-0.2, -0.15) is 0 Å². The molecule has 6 heteroatoms. The molecule has 1 atom stereocenters. The molecule has 0 bridgehead atoms. The maximum absolute atomic E-state index is 12.3. The highest BCUT2D eigenvalue weighted by Gasteiger charge is 2.30. The van der Waals surface area contributed by atoms with Crippen molar-refractivity contribution >= 4 is 22.4 Å². The van der Waals surface area contributed by atoms with Crippen molar-refractivity contribution in [3.8, 4) is 17.4 Å². The first-order valence-electron chi connectivity index (χ1n) is 10.5. The van der Waals surface area contributed by atoms with Crippen molar-refractivity contribution in [1.82, 2.24) is 4.57 Å². The van der Waals surface area contributed by atoms with Crippen molar-refractivity contribution in [3.63, 3.8) is 0 Å². The lowest BCUT2D eigenvalue weighted by Crippen LogP contribution is -2.13. The number of nitrogens with one attached hydrogen (secondary N) is 1. The van der Waals surface area contributed by atoms with Crippen molar-refractivity contribution in [2.24, 2.45) is 5.92 Å². The number of fused-ring (bicyclic) bond motifs is 1. The highest BCUT2D eigenvalue weighted by Crippen LogP contribution is 2.40. The molecule has 1 aromatic heterocycles. The van der Waals surface area contributed by atoms with E-state index in [4.69, 9.17) is 9.47 Å². The first-order valence-corrected chi connectivity index (χ1v) is 10.5. The van der Waals surface area contributed by atoms with Crippen LogP contribution in [-0.2, 0) is 4.79 Å². The van der Waals surface area contributed by atoms with E-state index in [0.717, 1.165) is 30.2 Å². The fourth-order valence-electron chi connectivity index (χ4n) is 3.95. The van der Waals surface area contributed by atoms with Gasteiger partial charge in [-0.05, 0) is 49.9 Å². The van der Waals surface area contributed by atoms with E-state index in [1.165, 1.54) is 0 Å². The van der Waals surface area contributed by atoms with Gasteiger partial charge < -0.3 is 24.5 Å². The zero-order chi connectivity index (χ0) is 21.3. The molecule has 0 aliphatic heterocycles. The fourth-order valence-corrected chi connectivity index (χ4v) is 3.95. The van der Waals surface area contributed by atoms with E-state index in [2.05, 4.69) is 12.2 Å². The van der Waals surface area contributed by atoms with Crippen LogP contribution in [0.1, 0.15) is 44.7 Å². The largest absolute Gasteiger partial charge is 0.494 e. The quantitative estimate of drug-likeness (QED) is 0.544. The summed E-state index contributed by atoms with van der Waals surface area (Å²) in [7, 11) is 1.62. The lowest BCUT2D eigenvalue weighted by atomic mass is 10.0. The minimum Gasteiger partial charge on any atom is -0.494 e. The van der Waals surface area contributed by atoms with E-state index in [9.17, 15) is 9.90 Å². The van der Waals surface area contributed by atoms with Gasteiger partial charge in [0.25, 0.3) is 0 Å². The molecule has 158 valence electrons. The molecule has 1 saturated carbocycles. The Bertz CT molecular complexity index is 1070. The third-order valence-electron chi connectivity index (χ3n) is 5.64. The second-order valence-electron chi connectivity index (χ2n) is 7.66. The number of nitrogens with zero attached hydrogens (tertiary/aromatic N) is 1. The van der Waals surface area contributed by atoms with Gasteiger partial charge in [0.15, 0.2) is 11.5 Å². The summed E-state index contributed by atoms with van der Waals surface area (Å²) in [5, 5.41) is 15.7. The fraction of sp³-hybridized carbons (Fsp3) is 0.375. The second-order valence-corrected chi connectivity index (χ2v) is 7.66. The number of ether oxygens (including phenoxy) is 2. The zero-order valence-corrected chi connectivity index (χ0v) is 17.6. The molecule has 1 heterocycles. The van der Waals surface area contributed by atoms with Gasteiger partial charge in [0, 0.05) is 17.5 Å². The number of rotatable bonds is 8. The summed E-state index contributed by atoms with van der Waals surface area (Å²) in [6.45, 7) is 4.56. The van der Waals surface area contributed by atoms with Crippen molar-refractivity contribution in [1.29, 1.82) is 0 Å². The second kappa shape index (κ2) is 8.30. The number of carbonyl (C=O) groups is 1. The Morgan fingerprint density at radius 2 is 2.03 bits per heavy atom. The average molecular weight is 408 g/mol. The average Bonchev–Trinajstić information content (AvgIpc) is 3.54. The number of hydrogen-bond acceptors (Lipinski definition) is 4. The molecule has 1 amide bonds. The van der Waals surface area contributed by atoms with Crippen LogP contribution in [0.15, 0.2) is 42.6 Å². The molecule has 1 unspecified atom stereocenters. The van der Waals surface area contributed by atoms with E-state index in [-0.39, 0.29) is 23.7 Å². The minimum absolute atomic E-state index is 0.0261. The van der Waals surface area contributed by atoms with Crippen LogP contribution in [0.4, 0.5) is 5.69 Å². The number of hydrogen-bond donors (Lipinski definition) is 2. The molecule has 1 aliphatic rings. The van der Waals surface area contributed by atoms with Crippen molar-refractivity contribution in [2.45, 2.75) is 39.2 Å². The van der Waals surface area contributed by atoms with Crippen LogP contribution in [0.5, 0.6) is 17.4 Å². The van der Waals surface area contributed by atoms with E-state index in [1.807, 2.05) is 54.1 Å². The molecule has 2 N–H and O–H groups in total. The van der Waals surface area contributed by atoms with Crippen molar-refractivity contribution in [2.75, 3.05) is 19.0 Å². The van der Waals surface area contributed by atoms with Gasteiger partial charge in [0.2, 0.25) is 11.8 Å². The standard InChI is InChI=1S/C24H28N2O4/c1-4-19(16-11-12-20(29-3)21(13-16)30-5-2)26-14-17-7-6-8-18(22(17)24(26)28)25-23(27)15-9-10-15/h6-8,11-15,19,28H,4-5,9-10H2,1-3H3,(H,25,27). The van der Waals surface area contributed by atoms with Crippen LogP contribution >= 0.6 is 0 Å². The van der Waals surface area contributed by atoms with E-state index >= 15 is 0 Å². The van der Waals surface area contributed by atoms with Crippen LogP contribution in [0.25, 0.3) is 10.8 Å². The van der Waals surface area contributed by atoms with Crippen LogP contribution in [0, 0.1) is 5.92 Å². The molecule has 0 radical (unpaired) electrons. The maximum atomic E-state index is 12.3. The number of benzene rings is 2. The Balaban J connectivity index is 1.75. The number of methoxy groups -OCH3 is 1. The smallest absolute Gasteiger partial charge is 0.227 e. The summed E-state index contributed by atoms with van der Waals surface area (Å²) < 4.78 is 13.0. The van der Waals surface area contributed by atoms with Gasteiger partial charge in [0.05, 0.1) is 30.8 Å². The highest BCUT2D eigenvalue weighted by molar-refractivity contribution is 6.05. The van der Waals surface area contributed by atoms with E-state index in [1.54, 1.807) is 7.11 Å². The first kappa shape index (κ1) is 20.1. The van der Waals surface area contributed by atoms with E-state index < -0.39 is 0 Å². The molecule has 2 aromatic carbocycles. The molecule has 3 aromatic rings. The Hall–Kier alpha value is -3.15. The number of aromatic nitrogens is 1. The third-order valence-corrected chi connectivity index (χ3v) is 5.64. The third kappa shape index (κ3) is 3.70. The van der Waals surface area contributed by atoms with Gasteiger partial charge in [-0.1, -0.05) is 25.1 Å². The molecule has 30 heavy (non-hydrogen) atoms. The molecule has 0 saturated heterocycles. The number of carbonyl (C=O) groups excluding carboxylic acids is 1. The highest BCUT2D eigenvalue weighted by atomic mass is 16.5. The molecule has 1 aliphatic carbocycles. The predicted molar refractivity (Wildman–Crippen MR) is 118 cm³/mol. The Labute approximate surface area is 176 Å². The summed E-state index contributed by atoms with van der Waals surface area (Å²) >= 11 is 0. The van der Waals surface area contributed by atoms with Crippen LogP contribution < -0.4 is 14.8 Å². The molecular weight excluding hydrogens is 380 g/mol. The summed E-state index contributed by atoms with van der Waals surface area (Å²) in [4.78, 5) is 12.3. The lowest BCUT2D eigenvalue weighted by Gasteiger charge is -2.20. The summed E-state index contributed by atoms with van der Waals surface area (Å²) in [6.07, 6.45) is 4.59. The number of amides is 1. The monoisotopic (exact) mass is 408 g/mol. The molecule has 0 spiro atoms. The molecular formula is C24H28N2O4. The lowest BCUT2D eigenvalue weighted by molar-refractivity contribution is -0.117. The Morgan fingerprint density at radius 3 is 2.70 bits per heavy atom. The van der Waals surface area contributed by atoms with Gasteiger partial charge in [-0.25, -0.2) is 0 Å². The molecule has 4 rings (SSSR count). The minimum atomic E-state index is -0.0884. The predicted octanol–water partition coefficient (Wildman–Crippen LogP) is 5.10. The first-order chi connectivity index (χ1) is 14.6. The van der Waals surface area contributed by atoms with Gasteiger partial charge in [0.1, 0.15) is 0 Å². The Kier molecular flexibility index (Phi) is 5.57. The topological polar surface area (TPSA) is 72.7 Å². The van der Waals surface area contributed by atoms with E-state index in [0.29, 0.717) is 29.2 Å². The Morgan fingerprint density at radius 1 is 1.23 bits per heavy atom. The van der Waals surface area contributed by atoms with Gasteiger partial charge in [-0.15, -0.1) is 0 Å². The van der Waals surface area contributed by atoms with Crippen molar-refractivity contribution < 1.29 is 19.4 Å². The summed E-state index contributed by atoms with van der Waals surface area (Å²) in [5.74, 6) is 1.65. The van der Waals surface area contributed by atoms with Crippen LogP contribution in [-0.4, -0.2) is 29.3 Å².